The summed E-state index contributed by atoms with van der Waals surface area (Å²) in [6.07, 6.45) is 5.22. The number of amides is 1. The number of carbonyl (C=O) groups is 1. The van der Waals surface area contributed by atoms with Gasteiger partial charge in [-0.3, -0.25) is 4.79 Å². The van der Waals surface area contributed by atoms with Gasteiger partial charge in [0.25, 0.3) is 0 Å². The normalized spacial score (nSPS) is 17.6. The monoisotopic (exact) mass is 352 g/mol. The number of thiazole rings is 1. The zero-order valence-electron chi connectivity index (χ0n) is 13.6. The Hall–Kier alpha value is -2.53. The summed E-state index contributed by atoms with van der Waals surface area (Å²) in [5, 5.41) is 1.00. The Kier molecular flexibility index (Phi) is 4.32. The van der Waals surface area contributed by atoms with Crippen molar-refractivity contribution in [1.82, 2.24) is 9.88 Å². The molecule has 1 aliphatic heterocycles. The Morgan fingerprint density at radius 3 is 2.80 bits per heavy atom. The molecule has 1 amide bonds. The number of rotatable bonds is 3. The van der Waals surface area contributed by atoms with Gasteiger partial charge in [-0.15, -0.1) is 11.3 Å². The van der Waals surface area contributed by atoms with Crippen molar-refractivity contribution >= 4 is 33.5 Å². The van der Waals surface area contributed by atoms with E-state index in [2.05, 4.69) is 6.07 Å². The van der Waals surface area contributed by atoms with Crippen LogP contribution in [-0.2, 0) is 4.79 Å². The van der Waals surface area contributed by atoms with Crippen molar-refractivity contribution in [1.29, 1.82) is 0 Å². The Balaban J connectivity index is 1.54. The molecule has 5 heteroatoms. The molecule has 1 fully saturated rings. The van der Waals surface area contributed by atoms with Gasteiger partial charge in [0.1, 0.15) is 10.8 Å². The number of aromatic nitrogens is 1. The number of likely N-dealkylation sites (tertiary alicyclic amines) is 1. The van der Waals surface area contributed by atoms with Gasteiger partial charge < -0.3 is 4.90 Å². The summed E-state index contributed by atoms with van der Waals surface area (Å²) in [6, 6.07) is 14.2. The third-order valence-corrected chi connectivity index (χ3v) is 5.56. The fourth-order valence-corrected chi connectivity index (χ4v) is 4.27. The summed E-state index contributed by atoms with van der Waals surface area (Å²) in [5.74, 6) is -0.301. The third-order valence-electron chi connectivity index (χ3n) is 4.42. The summed E-state index contributed by atoms with van der Waals surface area (Å²) in [7, 11) is 0. The Bertz CT molecular complexity index is 899. The van der Waals surface area contributed by atoms with E-state index in [0.717, 1.165) is 40.2 Å². The number of nitrogens with zero attached hydrogens (tertiary/aromatic N) is 2. The maximum atomic E-state index is 13.0. The standard InChI is InChI=1S/C20H17FN2OS/c21-15-10-7-14(8-11-15)9-12-19(24)23-13-3-5-17(23)20-22-16-4-1-2-6-18(16)25-20/h1-2,4,6-12,17H,3,5,13H2/b12-9+. The fraction of sp³-hybridized carbons (Fsp3) is 0.200. The quantitative estimate of drug-likeness (QED) is 0.634. The molecule has 1 aromatic heterocycles. The van der Waals surface area contributed by atoms with Crippen molar-refractivity contribution in [3.8, 4) is 0 Å². The molecule has 3 nitrogen and oxygen atoms in total. The van der Waals surface area contributed by atoms with Crippen LogP contribution < -0.4 is 0 Å². The molecule has 1 aliphatic rings. The summed E-state index contributed by atoms with van der Waals surface area (Å²) < 4.78 is 14.1. The van der Waals surface area contributed by atoms with Crippen LogP contribution in [0, 0.1) is 5.82 Å². The number of hydrogen-bond acceptors (Lipinski definition) is 3. The first-order chi connectivity index (χ1) is 12.2. The highest BCUT2D eigenvalue weighted by atomic mass is 32.1. The molecule has 4 rings (SSSR count). The molecule has 0 aliphatic carbocycles. The lowest BCUT2D eigenvalue weighted by atomic mass is 10.2. The molecule has 1 unspecified atom stereocenters. The lowest BCUT2D eigenvalue weighted by Crippen LogP contribution is -2.28. The predicted molar refractivity (Wildman–Crippen MR) is 98.7 cm³/mol. The lowest BCUT2D eigenvalue weighted by Gasteiger charge is -2.21. The summed E-state index contributed by atoms with van der Waals surface area (Å²) in [5.41, 5.74) is 1.80. The highest BCUT2D eigenvalue weighted by Gasteiger charge is 2.31. The molecule has 126 valence electrons. The highest BCUT2D eigenvalue weighted by Crippen LogP contribution is 2.36. The smallest absolute Gasteiger partial charge is 0.247 e. The average Bonchev–Trinajstić information content (AvgIpc) is 3.27. The molecule has 2 heterocycles. The summed E-state index contributed by atoms with van der Waals surface area (Å²) >= 11 is 1.66. The molecule has 1 atom stereocenters. The number of hydrogen-bond donors (Lipinski definition) is 0. The first-order valence-corrected chi connectivity index (χ1v) is 9.12. The highest BCUT2D eigenvalue weighted by molar-refractivity contribution is 7.18. The van der Waals surface area contributed by atoms with Crippen molar-refractivity contribution in [2.24, 2.45) is 0 Å². The van der Waals surface area contributed by atoms with Gasteiger partial charge in [-0.25, -0.2) is 9.37 Å². The second-order valence-corrected chi connectivity index (χ2v) is 7.16. The third kappa shape index (κ3) is 3.33. The van der Waals surface area contributed by atoms with Crippen LogP contribution in [0.15, 0.2) is 54.6 Å². The molecule has 1 saturated heterocycles. The first-order valence-electron chi connectivity index (χ1n) is 8.30. The van der Waals surface area contributed by atoms with Crippen LogP contribution in [-0.4, -0.2) is 22.3 Å². The van der Waals surface area contributed by atoms with Crippen molar-refractivity contribution in [2.45, 2.75) is 18.9 Å². The number of para-hydroxylation sites is 1. The number of benzene rings is 2. The van der Waals surface area contributed by atoms with E-state index >= 15 is 0 Å². The van der Waals surface area contributed by atoms with Gasteiger partial charge in [-0.2, -0.15) is 0 Å². The van der Waals surface area contributed by atoms with Gasteiger partial charge in [0, 0.05) is 12.6 Å². The Labute approximate surface area is 149 Å². The number of halogens is 1. The van der Waals surface area contributed by atoms with Gasteiger partial charge in [0.2, 0.25) is 5.91 Å². The zero-order chi connectivity index (χ0) is 17.2. The molecule has 2 aromatic carbocycles. The van der Waals surface area contributed by atoms with E-state index in [1.807, 2.05) is 23.1 Å². The summed E-state index contributed by atoms with van der Waals surface area (Å²) in [4.78, 5) is 19.2. The van der Waals surface area contributed by atoms with E-state index in [0.29, 0.717) is 0 Å². The molecular weight excluding hydrogens is 335 g/mol. The van der Waals surface area contributed by atoms with Gasteiger partial charge >= 0.3 is 0 Å². The van der Waals surface area contributed by atoms with Crippen LogP contribution in [0.4, 0.5) is 4.39 Å². The zero-order valence-corrected chi connectivity index (χ0v) is 14.4. The maximum Gasteiger partial charge on any atom is 0.247 e. The predicted octanol–water partition coefficient (Wildman–Crippen LogP) is 4.81. The van der Waals surface area contributed by atoms with Crippen LogP contribution >= 0.6 is 11.3 Å². The molecule has 0 bridgehead atoms. The van der Waals surface area contributed by atoms with E-state index in [-0.39, 0.29) is 17.8 Å². The Morgan fingerprint density at radius 1 is 1.20 bits per heavy atom. The van der Waals surface area contributed by atoms with Crippen molar-refractivity contribution in [3.63, 3.8) is 0 Å². The molecule has 0 saturated carbocycles. The second kappa shape index (κ2) is 6.76. The van der Waals surface area contributed by atoms with Crippen LogP contribution in [0.25, 0.3) is 16.3 Å². The van der Waals surface area contributed by atoms with Gasteiger partial charge in [0.15, 0.2) is 0 Å². The molecule has 0 spiro atoms. The number of fused-ring (bicyclic) bond motifs is 1. The Morgan fingerprint density at radius 2 is 2.00 bits per heavy atom. The van der Waals surface area contributed by atoms with Crippen molar-refractivity contribution in [2.75, 3.05) is 6.54 Å². The van der Waals surface area contributed by atoms with Crippen LogP contribution in [0.2, 0.25) is 0 Å². The fourth-order valence-electron chi connectivity index (χ4n) is 3.16. The van der Waals surface area contributed by atoms with E-state index in [4.69, 9.17) is 4.98 Å². The van der Waals surface area contributed by atoms with Crippen LogP contribution in [0.5, 0.6) is 0 Å². The van der Waals surface area contributed by atoms with Crippen LogP contribution in [0.3, 0.4) is 0 Å². The molecule has 3 aromatic rings. The van der Waals surface area contributed by atoms with Crippen LogP contribution in [0.1, 0.15) is 29.5 Å². The lowest BCUT2D eigenvalue weighted by molar-refractivity contribution is -0.126. The van der Waals surface area contributed by atoms with E-state index in [1.54, 1.807) is 35.6 Å². The number of carbonyl (C=O) groups excluding carboxylic acids is 1. The molecular formula is C20H17FN2OS. The largest absolute Gasteiger partial charge is 0.330 e. The van der Waals surface area contributed by atoms with Gasteiger partial charge in [0.05, 0.1) is 16.3 Å². The molecule has 25 heavy (non-hydrogen) atoms. The summed E-state index contributed by atoms with van der Waals surface area (Å²) in [6.45, 7) is 0.743. The van der Waals surface area contributed by atoms with Crippen molar-refractivity contribution < 1.29 is 9.18 Å². The van der Waals surface area contributed by atoms with Gasteiger partial charge in [-0.1, -0.05) is 24.3 Å². The van der Waals surface area contributed by atoms with Crippen molar-refractivity contribution in [3.05, 3.63) is 71.0 Å². The topological polar surface area (TPSA) is 33.2 Å². The minimum absolute atomic E-state index is 0.0221. The molecule has 0 N–H and O–H groups in total. The minimum Gasteiger partial charge on any atom is -0.330 e. The van der Waals surface area contributed by atoms with E-state index < -0.39 is 0 Å². The molecule has 0 radical (unpaired) electrons. The maximum absolute atomic E-state index is 13.0. The van der Waals surface area contributed by atoms with Gasteiger partial charge in [-0.05, 0) is 48.7 Å². The SMILES string of the molecule is O=C(/C=C/c1ccc(F)cc1)N1CCCC1c1nc2ccccc2s1. The first kappa shape index (κ1) is 16.0. The second-order valence-electron chi connectivity index (χ2n) is 6.09. The minimum atomic E-state index is -0.279. The average molecular weight is 352 g/mol. The van der Waals surface area contributed by atoms with E-state index in [9.17, 15) is 9.18 Å². The van der Waals surface area contributed by atoms with E-state index in [1.165, 1.54) is 12.1 Å².